The lowest BCUT2D eigenvalue weighted by Gasteiger charge is -2.35. The highest BCUT2D eigenvalue weighted by atomic mass is 16.5. The number of piperazine rings is 1. The quantitative estimate of drug-likeness (QED) is 0.417. The molecule has 3 aromatic heterocycles. The fourth-order valence-corrected chi connectivity index (χ4v) is 4.98. The highest BCUT2D eigenvalue weighted by Crippen LogP contribution is 2.34. The number of nitrogens with zero attached hydrogens (tertiary/aromatic N) is 6. The van der Waals surface area contributed by atoms with Gasteiger partial charge in [-0.3, -0.25) is 4.90 Å². The number of carbonyl (C=O) groups is 1. The average Bonchev–Trinajstić information content (AvgIpc) is 3.56. The maximum Gasteiger partial charge on any atom is 0.352 e. The van der Waals surface area contributed by atoms with Crippen molar-refractivity contribution >= 4 is 34.5 Å². The van der Waals surface area contributed by atoms with Crippen LogP contribution >= 0.6 is 0 Å². The van der Waals surface area contributed by atoms with Crippen molar-refractivity contribution in [1.29, 1.82) is 0 Å². The van der Waals surface area contributed by atoms with Crippen LogP contribution < -0.4 is 15.5 Å². The lowest BCUT2D eigenvalue weighted by molar-refractivity contribution is 0.0683. The Hall–Kier alpha value is -3.28. The molecule has 1 aliphatic carbocycles. The van der Waals surface area contributed by atoms with Crippen molar-refractivity contribution < 1.29 is 14.6 Å². The van der Waals surface area contributed by atoms with E-state index in [0.717, 1.165) is 76.1 Å². The number of methoxy groups -OCH3 is 1. The fraction of sp³-hybridized carbons (Fsp3) is 0.538. The van der Waals surface area contributed by atoms with Crippen LogP contribution in [0.3, 0.4) is 0 Å². The number of aromatic nitrogens is 4. The SMILES string of the molecule is CNC.COCCN1CCN(c2ccc(Nc3ncc4cc(C(=O)O)n(C5CCCC5)c4n3)nc2)CC1. The minimum absolute atomic E-state index is 0.165. The lowest BCUT2D eigenvalue weighted by atomic mass is 10.2. The van der Waals surface area contributed by atoms with Gasteiger partial charge in [-0.15, -0.1) is 0 Å². The minimum Gasteiger partial charge on any atom is -0.477 e. The molecule has 3 N–H and O–H groups in total. The van der Waals surface area contributed by atoms with E-state index < -0.39 is 5.97 Å². The molecule has 5 rings (SSSR count). The molecule has 4 heterocycles. The van der Waals surface area contributed by atoms with Crippen LogP contribution in [-0.4, -0.2) is 96.0 Å². The van der Waals surface area contributed by atoms with Crippen molar-refractivity contribution in [2.45, 2.75) is 31.7 Å². The molecule has 1 saturated heterocycles. The smallest absolute Gasteiger partial charge is 0.352 e. The zero-order valence-corrected chi connectivity index (χ0v) is 22.0. The fourth-order valence-electron chi connectivity index (χ4n) is 4.98. The van der Waals surface area contributed by atoms with Crippen molar-refractivity contribution in [3.8, 4) is 0 Å². The molecule has 3 aromatic rings. The summed E-state index contributed by atoms with van der Waals surface area (Å²) in [6.07, 6.45) is 7.71. The Morgan fingerprint density at radius 2 is 1.84 bits per heavy atom. The van der Waals surface area contributed by atoms with Crippen molar-refractivity contribution in [2.24, 2.45) is 0 Å². The second-order valence-electron chi connectivity index (χ2n) is 9.46. The molecule has 11 nitrogen and oxygen atoms in total. The van der Waals surface area contributed by atoms with Crippen LogP contribution in [0.4, 0.5) is 17.5 Å². The Balaban J connectivity index is 0.00000102. The van der Waals surface area contributed by atoms with Crippen LogP contribution in [0.1, 0.15) is 42.2 Å². The summed E-state index contributed by atoms with van der Waals surface area (Å²) in [5.41, 5.74) is 2.03. The van der Waals surface area contributed by atoms with E-state index in [2.05, 4.69) is 41.5 Å². The molecule has 0 radical (unpaired) electrons. The molecule has 2 aliphatic rings. The first-order chi connectivity index (χ1) is 18.0. The molecule has 0 atom stereocenters. The second kappa shape index (κ2) is 12.8. The van der Waals surface area contributed by atoms with Crippen LogP contribution in [0.2, 0.25) is 0 Å². The number of hydrogen-bond acceptors (Lipinski definition) is 9. The summed E-state index contributed by atoms with van der Waals surface area (Å²) in [5, 5.41) is 16.4. The molecule has 1 aliphatic heterocycles. The number of hydrogen-bond donors (Lipinski definition) is 3. The van der Waals surface area contributed by atoms with Gasteiger partial charge < -0.3 is 29.9 Å². The molecular formula is C26H38N8O3. The Morgan fingerprint density at radius 1 is 1.11 bits per heavy atom. The number of ether oxygens (including phenoxy) is 1. The molecule has 37 heavy (non-hydrogen) atoms. The number of rotatable bonds is 8. The third-order valence-corrected chi connectivity index (χ3v) is 6.82. The van der Waals surface area contributed by atoms with Gasteiger partial charge in [-0.25, -0.2) is 14.8 Å². The predicted molar refractivity (Wildman–Crippen MR) is 145 cm³/mol. The number of fused-ring (bicyclic) bond motifs is 1. The van der Waals surface area contributed by atoms with Crippen molar-refractivity contribution in [3.05, 3.63) is 36.3 Å². The number of pyridine rings is 1. The van der Waals surface area contributed by atoms with Crippen LogP contribution in [0, 0.1) is 0 Å². The van der Waals surface area contributed by atoms with Gasteiger partial charge in [-0.1, -0.05) is 12.8 Å². The number of carboxylic acid groups (broad SMARTS) is 1. The van der Waals surface area contributed by atoms with Crippen LogP contribution in [0.15, 0.2) is 30.6 Å². The van der Waals surface area contributed by atoms with E-state index >= 15 is 0 Å². The lowest BCUT2D eigenvalue weighted by Crippen LogP contribution is -2.47. The second-order valence-corrected chi connectivity index (χ2v) is 9.46. The van der Waals surface area contributed by atoms with E-state index in [1.54, 1.807) is 19.4 Å². The molecule has 0 bridgehead atoms. The first-order valence-electron chi connectivity index (χ1n) is 12.9. The van der Waals surface area contributed by atoms with Crippen LogP contribution in [-0.2, 0) is 4.74 Å². The van der Waals surface area contributed by atoms with Gasteiger partial charge in [0.1, 0.15) is 17.2 Å². The molecule has 0 aromatic carbocycles. The molecule has 11 heteroatoms. The highest BCUT2D eigenvalue weighted by Gasteiger charge is 2.25. The van der Waals surface area contributed by atoms with E-state index in [4.69, 9.17) is 4.74 Å². The van der Waals surface area contributed by atoms with Crippen LogP contribution in [0.25, 0.3) is 11.0 Å². The highest BCUT2D eigenvalue weighted by molar-refractivity contribution is 5.93. The number of anilines is 3. The number of nitrogens with one attached hydrogen (secondary N) is 2. The van der Waals surface area contributed by atoms with Crippen molar-refractivity contribution in [2.75, 3.05) is 70.8 Å². The Labute approximate surface area is 217 Å². The topological polar surface area (TPSA) is 121 Å². The molecule has 1 saturated carbocycles. The van der Waals surface area contributed by atoms with Gasteiger partial charge in [0.2, 0.25) is 5.95 Å². The van der Waals surface area contributed by atoms with Gasteiger partial charge in [-0.2, -0.15) is 4.98 Å². The maximum absolute atomic E-state index is 11.8. The molecule has 0 unspecified atom stereocenters. The van der Waals surface area contributed by atoms with Crippen molar-refractivity contribution in [1.82, 2.24) is 29.7 Å². The van der Waals surface area contributed by atoms with Crippen LogP contribution in [0.5, 0.6) is 0 Å². The number of aromatic carboxylic acids is 1. The maximum atomic E-state index is 11.8. The van der Waals surface area contributed by atoms with Gasteiger partial charge >= 0.3 is 5.97 Å². The molecular weight excluding hydrogens is 472 g/mol. The summed E-state index contributed by atoms with van der Waals surface area (Å²) in [6, 6.07) is 5.82. The van der Waals surface area contributed by atoms with Gasteiger partial charge in [0.05, 0.1) is 18.5 Å². The van der Waals surface area contributed by atoms with Gasteiger partial charge in [0.15, 0.2) is 0 Å². The summed E-state index contributed by atoms with van der Waals surface area (Å²) in [4.78, 5) is 30.2. The minimum atomic E-state index is -0.934. The van der Waals surface area contributed by atoms with Gasteiger partial charge in [0.25, 0.3) is 0 Å². The third kappa shape index (κ3) is 6.54. The predicted octanol–water partition coefficient (Wildman–Crippen LogP) is 2.99. The zero-order chi connectivity index (χ0) is 26.2. The molecule has 2 fully saturated rings. The molecule has 0 spiro atoms. The van der Waals surface area contributed by atoms with E-state index in [1.807, 2.05) is 30.9 Å². The molecule has 0 amide bonds. The summed E-state index contributed by atoms with van der Waals surface area (Å²) in [7, 11) is 5.49. The number of carboxylic acids is 1. The average molecular weight is 511 g/mol. The first kappa shape index (κ1) is 26.8. The summed E-state index contributed by atoms with van der Waals surface area (Å²) in [5.74, 6) is 0.129. The van der Waals surface area contributed by atoms with Crippen molar-refractivity contribution in [3.63, 3.8) is 0 Å². The van der Waals surface area contributed by atoms with Gasteiger partial charge in [-0.05, 0) is 45.1 Å². The zero-order valence-electron chi connectivity index (χ0n) is 22.0. The van der Waals surface area contributed by atoms with Gasteiger partial charge in [0, 0.05) is 57.5 Å². The van der Waals surface area contributed by atoms with E-state index in [9.17, 15) is 9.90 Å². The monoisotopic (exact) mass is 510 g/mol. The summed E-state index contributed by atoms with van der Waals surface area (Å²) >= 11 is 0. The summed E-state index contributed by atoms with van der Waals surface area (Å²) < 4.78 is 7.05. The standard InChI is InChI=1S/C24H31N7O3.C2H7N/c1-34-13-12-29-8-10-30(11-9-29)19-6-7-21(25-16-19)27-24-26-15-17-14-20(23(32)33)31(22(17)28-24)18-4-2-3-5-18;1-3-2/h6-7,14-16,18H,2-5,8-13H2,1H3,(H,32,33)(H,25,26,27,28);3H,1-2H3. The largest absolute Gasteiger partial charge is 0.477 e. The summed E-state index contributed by atoms with van der Waals surface area (Å²) in [6.45, 7) is 5.67. The molecule has 200 valence electrons. The Kier molecular flexibility index (Phi) is 9.26. The van der Waals surface area contributed by atoms with E-state index in [1.165, 1.54) is 0 Å². The van der Waals surface area contributed by atoms with E-state index in [0.29, 0.717) is 17.4 Å². The Bertz CT molecular complexity index is 1150. The first-order valence-corrected chi connectivity index (χ1v) is 12.9. The normalized spacial score (nSPS) is 16.6. The van der Waals surface area contributed by atoms with E-state index in [-0.39, 0.29) is 11.7 Å². The Morgan fingerprint density at radius 3 is 2.46 bits per heavy atom. The third-order valence-electron chi connectivity index (χ3n) is 6.82.